The highest BCUT2D eigenvalue weighted by Gasteiger charge is 2.21. The number of hydrogen-bond donors (Lipinski definition) is 6. The van der Waals surface area contributed by atoms with Gasteiger partial charge in [0.15, 0.2) is 0 Å². The molecule has 4 aromatic rings. The molecule has 37 heavy (non-hydrogen) atoms. The van der Waals surface area contributed by atoms with E-state index in [0.717, 1.165) is 22.4 Å². The summed E-state index contributed by atoms with van der Waals surface area (Å²) in [5.41, 5.74) is 4.14. The van der Waals surface area contributed by atoms with Crippen molar-refractivity contribution < 1.29 is 20.1 Å². The Labute approximate surface area is 216 Å². The largest absolute Gasteiger partial charge is 0.508 e. The van der Waals surface area contributed by atoms with Crippen molar-refractivity contribution in [3.05, 3.63) is 94.8 Å². The number of para-hydroxylation sites is 2. The first-order chi connectivity index (χ1) is 17.7. The molecule has 0 spiro atoms. The minimum absolute atomic E-state index is 0.00480. The molecule has 0 radical (unpaired) electrons. The average molecular weight is 503 g/mol. The number of phenols is 1. The first kappa shape index (κ1) is 26.3. The van der Waals surface area contributed by atoms with Crippen LogP contribution in [0.1, 0.15) is 52.8 Å². The second kappa shape index (κ2) is 11.6. The molecule has 0 aliphatic carbocycles. The minimum Gasteiger partial charge on any atom is -0.508 e. The number of amides is 1. The molecule has 0 fully saturated rings. The standard InChI is InChI=1S/C29H34N4O4/c1-29(2,31-17-26(36)20-10-11-25(35)22(15-20)18-34)16-19-6-5-7-21(14-19)28(37)30-13-12-27-32-23-8-3-4-9-24(23)33-27/h3-11,14-15,26,31,34-36H,12-13,16-18H2,1-2H3,(H,30,37)(H,32,33)/t26-/m0/s1. The highest BCUT2D eigenvalue weighted by molar-refractivity contribution is 5.94. The summed E-state index contributed by atoms with van der Waals surface area (Å²) in [5.74, 6) is 0.710. The summed E-state index contributed by atoms with van der Waals surface area (Å²) >= 11 is 0. The van der Waals surface area contributed by atoms with Gasteiger partial charge < -0.3 is 30.9 Å². The van der Waals surface area contributed by atoms with Gasteiger partial charge in [-0.15, -0.1) is 0 Å². The van der Waals surface area contributed by atoms with Crippen molar-refractivity contribution in [2.24, 2.45) is 0 Å². The van der Waals surface area contributed by atoms with E-state index >= 15 is 0 Å². The van der Waals surface area contributed by atoms with Crippen molar-refractivity contribution in [3.63, 3.8) is 0 Å². The molecule has 6 N–H and O–H groups in total. The molecule has 0 bridgehead atoms. The van der Waals surface area contributed by atoms with E-state index in [1.165, 1.54) is 6.07 Å². The monoisotopic (exact) mass is 502 g/mol. The topological polar surface area (TPSA) is 130 Å². The van der Waals surface area contributed by atoms with Crippen LogP contribution in [0, 0.1) is 0 Å². The number of fused-ring (bicyclic) bond motifs is 1. The lowest BCUT2D eigenvalue weighted by molar-refractivity contribution is 0.0954. The summed E-state index contributed by atoms with van der Waals surface area (Å²) < 4.78 is 0. The molecule has 0 saturated heterocycles. The van der Waals surface area contributed by atoms with Crippen molar-refractivity contribution in [2.75, 3.05) is 13.1 Å². The van der Waals surface area contributed by atoms with Crippen molar-refractivity contribution in [1.82, 2.24) is 20.6 Å². The Balaban J connectivity index is 1.29. The fraction of sp³-hybridized carbons (Fsp3) is 0.310. The number of carbonyl (C=O) groups excluding carboxylic acids is 1. The maximum atomic E-state index is 12.7. The zero-order valence-electron chi connectivity index (χ0n) is 21.2. The van der Waals surface area contributed by atoms with Crippen LogP contribution >= 0.6 is 0 Å². The zero-order chi connectivity index (χ0) is 26.4. The summed E-state index contributed by atoms with van der Waals surface area (Å²) in [4.78, 5) is 20.6. The Bertz CT molecular complexity index is 1330. The number of rotatable bonds is 11. The summed E-state index contributed by atoms with van der Waals surface area (Å²) in [6.45, 7) is 4.55. The van der Waals surface area contributed by atoms with Gasteiger partial charge >= 0.3 is 0 Å². The first-order valence-corrected chi connectivity index (χ1v) is 12.4. The lowest BCUT2D eigenvalue weighted by atomic mass is 9.93. The number of aliphatic hydroxyl groups excluding tert-OH is 2. The minimum atomic E-state index is -0.797. The van der Waals surface area contributed by atoms with E-state index in [1.54, 1.807) is 18.2 Å². The Morgan fingerprint density at radius 2 is 1.89 bits per heavy atom. The number of benzene rings is 3. The van der Waals surface area contributed by atoms with Crippen LogP contribution in [-0.2, 0) is 19.4 Å². The van der Waals surface area contributed by atoms with E-state index < -0.39 is 6.10 Å². The van der Waals surface area contributed by atoms with Gasteiger partial charge in [0.2, 0.25) is 0 Å². The number of aromatic hydroxyl groups is 1. The van der Waals surface area contributed by atoms with Gasteiger partial charge in [-0.2, -0.15) is 0 Å². The van der Waals surface area contributed by atoms with Gasteiger partial charge in [-0.3, -0.25) is 4.79 Å². The van der Waals surface area contributed by atoms with Crippen LogP contribution in [0.2, 0.25) is 0 Å². The number of carbonyl (C=O) groups is 1. The van der Waals surface area contributed by atoms with Gasteiger partial charge in [0.25, 0.3) is 5.91 Å². The highest BCUT2D eigenvalue weighted by Crippen LogP contribution is 2.23. The Kier molecular flexibility index (Phi) is 8.23. The van der Waals surface area contributed by atoms with E-state index in [-0.39, 0.29) is 23.8 Å². The molecule has 1 heterocycles. The zero-order valence-corrected chi connectivity index (χ0v) is 21.2. The van der Waals surface area contributed by atoms with Crippen molar-refractivity contribution in [1.29, 1.82) is 0 Å². The van der Waals surface area contributed by atoms with E-state index in [1.807, 2.05) is 56.3 Å². The van der Waals surface area contributed by atoms with E-state index in [0.29, 0.717) is 42.6 Å². The summed E-state index contributed by atoms with van der Waals surface area (Å²) in [6, 6.07) is 20.1. The molecule has 1 amide bonds. The molecular weight excluding hydrogens is 468 g/mol. The highest BCUT2D eigenvalue weighted by atomic mass is 16.3. The third-order valence-electron chi connectivity index (χ3n) is 6.35. The Morgan fingerprint density at radius 3 is 2.68 bits per heavy atom. The number of nitrogens with zero attached hydrogens (tertiary/aromatic N) is 1. The van der Waals surface area contributed by atoms with Gasteiger partial charge in [-0.1, -0.05) is 30.3 Å². The molecule has 0 unspecified atom stereocenters. The molecule has 1 atom stereocenters. The third kappa shape index (κ3) is 6.95. The molecule has 1 aromatic heterocycles. The lowest BCUT2D eigenvalue weighted by Gasteiger charge is -2.28. The molecule has 0 saturated carbocycles. The predicted octanol–water partition coefficient (Wildman–Crippen LogP) is 3.38. The summed E-state index contributed by atoms with van der Waals surface area (Å²) in [7, 11) is 0. The van der Waals surface area contributed by atoms with Crippen LogP contribution in [0.5, 0.6) is 5.75 Å². The van der Waals surface area contributed by atoms with Crippen LogP contribution in [0.15, 0.2) is 66.7 Å². The maximum Gasteiger partial charge on any atom is 0.251 e. The second-order valence-electron chi connectivity index (χ2n) is 9.91. The predicted molar refractivity (Wildman–Crippen MR) is 143 cm³/mol. The fourth-order valence-corrected chi connectivity index (χ4v) is 4.35. The smallest absolute Gasteiger partial charge is 0.251 e. The van der Waals surface area contributed by atoms with Crippen LogP contribution in [0.4, 0.5) is 0 Å². The Hall–Kier alpha value is -3.72. The van der Waals surface area contributed by atoms with Gasteiger partial charge in [-0.05, 0) is 67.8 Å². The normalized spacial score (nSPS) is 12.5. The fourth-order valence-electron chi connectivity index (χ4n) is 4.35. The number of imidazole rings is 1. The SMILES string of the molecule is CC(C)(Cc1cccc(C(=O)NCCc2nc3ccccc3[nH]2)c1)NC[C@H](O)c1ccc(O)c(CO)c1. The molecule has 0 aliphatic rings. The number of aliphatic hydroxyl groups is 2. The molecular formula is C29H34N4O4. The van der Waals surface area contributed by atoms with Crippen LogP contribution in [0.3, 0.4) is 0 Å². The van der Waals surface area contributed by atoms with Crippen LogP contribution in [0.25, 0.3) is 11.0 Å². The summed E-state index contributed by atoms with van der Waals surface area (Å²) in [5, 5.41) is 36.0. The number of β-amino-alcohol motifs (C(OH)–C–C–N with tert-alkyl or cyclic N) is 1. The third-order valence-corrected chi connectivity index (χ3v) is 6.35. The molecule has 4 rings (SSSR count). The Morgan fingerprint density at radius 1 is 1.08 bits per heavy atom. The number of nitrogens with one attached hydrogen (secondary N) is 3. The second-order valence-corrected chi connectivity index (χ2v) is 9.91. The molecule has 8 heteroatoms. The average Bonchev–Trinajstić information content (AvgIpc) is 3.30. The molecule has 194 valence electrons. The van der Waals surface area contributed by atoms with Crippen LogP contribution < -0.4 is 10.6 Å². The number of aromatic amines is 1. The number of hydrogen-bond acceptors (Lipinski definition) is 6. The van der Waals surface area contributed by atoms with E-state index in [2.05, 4.69) is 20.6 Å². The molecule has 0 aliphatic heterocycles. The van der Waals surface area contributed by atoms with Gasteiger partial charge in [0.1, 0.15) is 11.6 Å². The van der Waals surface area contributed by atoms with E-state index in [9.17, 15) is 20.1 Å². The van der Waals surface area contributed by atoms with Crippen molar-refractivity contribution in [2.45, 2.75) is 44.9 Å². The van der Waals surface area contributed by atoms with E-state index in [4.69, 9.17) is 0 Å². The van der Waals surface area contributed by atoms with Crippen LogP contribution in [-0.4, -0.2) is 49.8 Å². The quantitative estimate of drug-likeness (QED) is 0.186. The summed E-state index contributed by atoms with van der Waals surface area (Å²) in [6.07, 6.45) is 0.464. The number of H-pyrrole nitrogens is 1. The van der Waals surface area contributed by atoms with Crippen molar-refractivity contribution >= 4 is 16.9 Å². The maximum absolute atomic E-state index is 12.7. The van der Waals surface area contributed by atoms with Crippen molar-refractivity contribution in [3.8, 4) is 5.75 Å². The molecule has 8 nitrogen and oxygen atoms in total. The number of aromatic nitrogens is 2. The molecule has 3 aromatic carbocycles. The first-order valence-electron chi connectivity index (χ1n) is 12.4. The van der Waals surface area contributed by atoms with Gasteiger partial charge in [-0.25, -0.2) is 4.98 Å². The van der Waals surface area contributed by atoms with Gasteiger partial charge in [0, 0.05) is 36.2 Å². The van der Waals surface area contributed by atoms with Gasteiger partial charge in [0.05, 0.1) is 23.7 Å². The lowest BCUT2D eigenvalue weighted by Crippen LogP contribution is -2.43.